The van der Waals surface area contributed by atoms with Crippen LogP contribution in [0.1, 0.15) is 30.5 Å². The highest BCUT2D eigenvalue weighted by Gasteiger charge is 2.28. The molecule has 1 unspecified atom stereocenters. The summed E-state index contributed by atoms with van der Waals surface area (Å²) < 4.78 is 11.1. The molecule has 150 valence electrons. The molecule has 0 amide bonds. The van der Waals surface area contributed by atoms with Gasteiger partial charge in [0.15, 0.2) is 0 Å². The number of hydrogen-bond acceptors (Lipinski definition) is 5. The van der Waals surface area contributed by atoms with E-state index in [1.165, 1.54) is 0 Å². The summed E-state index contributed by atoms with van der Waals surface area (Å²) in [4.78, 5) is 4.72. The number of aliphatic imine (C=N–C) groups is 1. The van der Waals surface area contributed by atoms with Gasteiger partial charge in [-0.3, -0.25) is 4.99 Å². The fourth-order valence-corrected chi connectivity index (χ4v) is 4.53. The summed E-state index contributed by atoms with van der Waals surface area (Å²) in [6.45, 7) is 6.03. The molecule has 5 nitrogen and oxygen atoms in total. The number of fused-ring (bicyclic) bond motifs is 2. The molecule has 0 saturated heterocycles. The summed E-state index contributed by atoms with van der Waals surface area (Å²) >= 11 is 0. The van der Waals surface area contributed by atoms with Crippen LogP contribution in [0.3, 0.4) is 0 Å². The van der Waals surface area contributed by atoms with Crippen LogP contribution in [0.2, 0.25) is 0 Å². The maximum Gasteiger partial charge on any atom is 0.131 e. The first-order chi connectivity index (χ1) is 13.9. The van der Waals surface area contributed by atoms with E-state index in [9.17, 15) is 10.2 Å². The Labute approximate surface area is 170 Å². The van der Waals surface area contributed by atoms with Crippen LogP contribution in [0.4, 0.5) is 0 Å². The van der Waals surface area contributed by atoms with Gasteiger partial charge in [0.1, 0.15) is 23.0 Å². The average Bonchev–Trinajstić information content (AvgIpc) is 2.67. The van der Waals surface area contributed by atoms with Gasteiger partial charge in [-0.2, -0.15) is 0 Å². The van der Waals surface area contributed by atoms with Gasteiger partial charge in [-0.05, 0) is 61.4 Å². The van der Waals surface area contributed by atoms with Crippen LogP contribution in [-0.2, 0) is 6.42 Å². The maximum absolute atomic E-state index is 11.1. The average molecular weight is 391 g/mol. The Kier molecular flexibility index (Phi) is 4.61. The standard InChI is InChI=1S/C24H25NO4/c1-12-9-19(28-4)23-15(7-6-8-17(23)26)21(12)24-16-10-13(2)25-14(3)22(16)20(29-5)11-18(24)27/h6-9,11,13,26-27H,10H2,1-5H3. The summed E-state index contributed by atoms with van der Waals surface area (Å²) in [6, 6.07) is 9.06. The molecule has 3 aromatic rings. The summed E-state index contributed by atoms with van der Waals surface area (Å²) in [5.74, 6) is 1.52. The van der Waals surface area contributed by atoms with Gasteiger partial charge in [0.05, 0.1) is 25.6 Å². The monoisotopic (exact) mass is 391 g/mol. The largest absolute Gasteiger partial charge is 0.507 e. The molecule has 0 fully saturated rings. The topological polar surface area (TPSA) is 71.3 Å². The first kappa shape index (κ1) is 19.1. The van der Waals surface area contributed by atoms with E-state index in [1.54, 1.807) is 26.4 Å². The van der Waals surface area contributed by atoms with Crippen molar-refractivity contribution in [1.82, 2.24) is 0 Å². The Morgan fingerprint density at radius 3 is 2.34 bits per heavy atom. The number of aryl methyl sites for hydroxylation is 1. The van der Waals surface area contributed by atoms with E-state index in [0.717, 1.165) is 38.9 Å². The van der Waals surface area contributed by atoms with Gasteiger partial charge >= 0.3 is 0 Å². The molecule has 0 bridgehead atoms. The van der Waals surface area contributed by atoms with Crippen LogP contribution in [0.25, 0.3) is 21.9 Å². The fraction of sp³-hybridized carbons (Fsp3) is 0.292. The molecule has 5 heteroatoms. The third-order valence-corrected chi connectivity index (χ3v) is 5.64. The summed E-state index contributed by atoms with van der Waals surface area (Å²) in [5.41, 5.74) is 5.44. The van der Waals surface area contributed by atoms with Gasteiger partial charge < -0.3 is 19.7 Å². The lowest BCUT2D eigenvalue weighted by Crippen LogP contribution is -2.19. The Morgan fingerprint density at radius 1 is 0.931 bits per heavy atom. The zero-order valence-electron chi connectivity index (χ0n) is 17.3. The minimum atomic E-state index is 0.103. The predicted molar refractivity (Wildman–Crippen MR) is 116 cm³/mol. The van der Waals surface area contributed by atoms with E-state index in [4.69, 9.17) is 14.5 Å². The number of phenols is 2. The van der Waals surface area contributed by atoms with Crippen LogP contribution in [0, 0.1) is 6.92 Å². The third-order valence-electron chi connectivity index (χ3n) is 5.64. The molecular formula is C24H25NO4. The summed E-state index contributed by atoms with van der Waals surface area (Å²) in [5, 5.41) is 23.1. The van der Waals surface area contributed by atoms with Gasteiger partial charge in [0.25, 0.3) is 0 Å². The lowest BCUT2D eigenvalue weighted by Gasteiger charge is -2.26. The normalized spacial score (nSPS) is 15.8. The molecule has 1 aliphatic rings. The van der Waals surface area contributed by atoms with Crippen LogP contribution in [-0.4, -0.2) is 36.2 Å². The van der Waals surface area contributed by atoms with Gasteiger partial charge in [-0.15, -0.1) is 0 Å². The molecule has 4 rings (SSSR count). The van der Waals surface area contributed by atoms with Crippen molar-refractivity contribution in [2.45, 2.75) is 33.2 Å². The molecule has 0 aliphatic carbocycles. The summed E-state index contributed by atoms with van der Waals surface area (Å²) in [7, 11) is 3.20. The van der Waals surface area contributed by atoms with Crippen molar-refractivity contribution in [1.29, 1.82) is 0 Å². The van der Waals surface area contributed by atoms with E-state index >= 15 is 0 Å². The van der Waals surface area contributed by atoms with Gasteiger partial charge in [-0.1, -0.05) is 12.1 Å². The van der Waals surface area contributed by atoms with Gasteiger partial charge in [0, 0.05) is 22.9 Å². The van der Waals surface area contributed by atoms with Gasteiger partial charge in [0.2, 0.25) is 0 Å². The third kappa shape index (κ3) is 2.89. The van der Waals surface area contributed by atoms with Crippen LogP contribution < -0.4 is 9.47 Å². The van der Waals surface area contributed by atoms with Gasteiger partial charge in [-0.25, -0.2) is 0 Å². The van der Waals surface area contributed by atoms with Crippen LogP contribution in [0.15, 0.2) is 35.3 Å². The molecule has 1 atom stereocenters. The van der Waals surface area contributed by atoms with Crippen molar-refractivity contribution in [2.75, 3.05) is 14.2 Å². The molecular weight excluding hydrogens is 366 g/mol. The lowest BCUT2D eigenvalue weighted by atomic mass is 9.83. The van der Waals surface area contributed by atoms with Crippen molar-refractivity contribution in [2.24, 2.45) is 4.99 Å². The van der Waals surface area contributed by atoms with Crippen molar-refractivity contribution >= 4 is 16.5 Å². The molecule has 2 N–H and O–H groups in total. The Bertz CT molecular complexity index is 1160. The number of nitrogens with zero attached hydrogens (tertiary/aromatic N) is 1. The smallest absolute Gasteiger partial charge is 0.131 e. The Balaban J connectivity index is 2.17. The van der Waals surface area contributed by atoms with Crippen molar-refractivity contribution in [3.8, 4) is 34.1 Å². The van der Waals surface area contributed by atoms with Crippen molar-refractivity contribution in [3.05, 3.63) is 47.0 Å². The second-order valence-electron chi connectivity index (χ2n) is 7.56. The minimum absolute atomic E-state index is 0.103. The quantitative estimate of drug-likeness (QED) is 0.659. The van der Waals surface area contributed by atoms with E-state index in [0.29, 0.717) is 23.3 Å². The minimum Gasteiger partial charge on any atom is -0.507 e. The van der Waals surface area contributed by atoms with Crippen molar-refractivity contribution < 1.29 is 19.7 Å². The number of aromatic hydroxyl groups is 2. The number of hydrogen-bond donors (Lipinski definition) is 2. The van der Waals surface area contributed by atoms with E-state index in [-0.39, 0.29) is 17.5 Å². The zero-order chi connectivity index (χ0) is 20.9. The molecule has 29 heavy (non-hydrogen) atoms. The highest BCUT2D eigenvalue weighted by molar-refractivity contribution is 6.10. The molecule has 0 aromatic heterocycles. The predicted octanol–water partition coefficient (Wildman–Crippen LogP) is 5.00. The van der Waals surface area contributed by atoms with E-state index in [2.05, 4.69) is 6.92 Å². The van der Waals surface area contributed by atoms with E-state index < -0.39 is 0 Å². The summed E-state index contributed by atoms with van der Waals surface area (Å²) in [6.07, 6.45) is 0.693. The maximum atomic E-state index is 11.1. The number of benzene rings is 3. The molecule has 0 spiro atoms. The molecule has 3 aromatic carbocycles. The number of rotatable bonds is 3. The lowest BCUT2D eigenvalue weighted by molar-refractivity contribution is 0.405. The Morgan fingerprint density at radius 2 is 1.66 bits per heavy atom. The molecule has 1 heterocycles. The molecule has 0 saturated carbocycles. The highest BCUT2D eigenvalue weighted by atomic mass is 16.5. The number of phenolic OH excluding ortho intramolecular Hbond substituents is 2. The van der Waals surface area contributed by atoms with Crippen LogP contribution in [0.5, 0.6) is 23.0 Å². The SMILES string of the molecule is COc1cc(O)c(-c2c(C)cc(OC)c3c(O)cccc23)c2c1C(C)=NC(C)C2. The second kappa shape index (κ2) is 6.99. The molecule has 1 aliphatic heterocycles. The number of ether oxygens (including phenoxy) is 2. The first-order valence-corrected chi connectivity index (χ1v) is 9.64. The zero-order valence-corrected chi connectivity index (χ0v) is 17.3. The molecule has 0 radical (unpaired) electrons. The van der Waals surface area contributed by atoms with Crippen LogP contribution >= 0.6 is 0 Å². The fourth-order valence-electron chi connectivity index (χ4n) is 4.53. The number of methoxy groups -OCH3 is 2. The van der Waals surface area contributed by atoms with Crippen molar-refractivity contribution in [3.63, 3.8) is 0 Å². The van der Waals surface area contributed by atoms with E-state index in [1.807, 2.05) is 32.0 Å². The first-order valence-electron chi connectivity index (χ1n) is 9.64. The highest BCUT2D eigenvalue weighted by Crippen LogP contribution is 2.48. The second-order valence-corrected chi connectivity index (χ2v) is 7.56. The Hall–Kier alpha value is -3.21.